The first-order valence-electron chi connectivity index (χ1n) is 6.03. The van der Waals surface area contributed by atoms with Crippen LogP contribution in [-0.4, -0.2) is 5.75 Å². The number of hydrogen-bond donors (Lipinski definition) is 1. The molecule has 0 aliphatic rings. The highest BCUT2D eigenvalue weighted by molar-refractivity contribution is 9.10. The third kappa shape index (κ3) is 3.49. The minimum absolute atomic E-state index is 0.665. The number of nitrogens with zero attached hydrogens (tertiary/aromatic N) is 1. The van der Waals surface area contributed by atoms with Crippen LogP contribution in [0, 0.1) is 11.3 Å². The van der Waals surface area contributed by atoms with E-state index in [9.17, 15) is 5.26 Å². The van der Waals surface area contributed by atoms with Crippen LogP contribution >= 0.6 is 39.3 Å². The number of benzene rings is 2. The standard InChI is InChI=1S/C15H12BrClN2S/c1-2-20-15-5-3-4-13(11(15)9-18)19-14-7-6-10(17)8-12(14)16/h3-8,19H,2H2,1H3. The van der Waals surface area contributed by atoms with E-state index < -0.39 is 0 Å². The van der Waals surface area contributed by atoms with E-state index in [1.54, 1.807) is 11.8 Å². The summed E-state index contributed by atoms with van der Waals surface area (Å²) in [4.78, 5) is 0.991. The Labute approximate surface area is 136 Å². The Morgan fingerprint density at radius 2 is 2.10 bits per heavy atom. The van der Waals surface area contributed by atoms with Crippen molar-refractivity contribution >= 4 is 50.7 Å². The zero-order valence-electron chi connectivity index (χ0n) is 10.8. The molecule has 0 unspecified atom stereocenters. The molecule has 20 heavy (non-hydrogen) atoms. The van der Waals surface area contributed by atoms with Crippen LogP contribution in [0.2, 0.25) is 5.02 Å². The molecular weight excluding hydrogens is 356 g/mol. The Balaban J connectivity index is 2.38. The Bertz CT molecular complexity index is 667. The quantitative estimate of drug-likeness (QED) is 0.691. The summed E-state index contributed by atoms with van der Waals surface area (Å²) in [6.07, 6.45) is 0. The van der Waals surface area contributed by atoms with E-state index in [0.29, 0.717) is 10.6 Å². The number of nitrogens with one attached hydrogen (secondary N) is 1. The molecule has 0 atom stereocenters. The van der Waals surface area contributed by atoms with Crippen LogP contribution in [0.3, 0.4) is 0 Å². The van der Waals surface area contributed by atoms with E-state index in [4.69, 9.17) is 11.6 Å². The third-order valence-corrected chi connectivity index (χ3v) is 4.47. The highest BCUT2D eigenvalue weighted by atomic mass is 79.9. The molecule has 0 fully saturated rings. The van der Waals surface area contributed by atoms with Gasteiger partial charge in [-0.25, -0.2) is 0 Å². The van der Waals surface area contributed by atoms with Crippen LogP contribution in [0.15, 0.2) is 45.8 Å². The Morgan fingerprint density at radius 3 is 2.75 bits per heavy atom. The van der Waals surface area contributed by atoms with Crippen molar-refractivity contribution in [2.24, 2.45) is 0 Å². The molecule has 0 aromatic heterocycles. The summed E-state index contributed by atoms with van der Waals surface area (Å²) < 4.78 is 0.863. The zero-order valence-corrected chi connectivity index (χ0v) is 13.9. The lowest BCUT2D eigenvalue weighted by atomic mass is 10.2. The normalized spacial score (nSPS) is 10.1. The molecule has 0 saturated carbocycles. The molecule has 0 radical (unpaired) electrons. The van der Waals surface area contributed by atoms with Gasteiger partial charge in [0, 0.05) is 14.4 Å². The predicted octanol–water partition coefficient (Wildman–Crippen LogP) is 5.83. The molecule has 2 rings (SSSR count). The van der Waals surface area contributed by atoms with Crippen LogP contribution in [0.5, 0.6) is 0 Å². The summed E-state index contributed by atoms with van der Waals surface area (Å²) in [5.74, 6) is 0.933. The monoisotopic (exact) mass is 366 g/mol. The predicted molar refractivity (Wildman–Crippen MR) is 90.0 cm³/mol. The maximum atomic E-state index is 9.38. The molecule has 0 bridgehead atoms. The van der Waals surface area contributed by atoms with Gasteiger partial charge in [-0.2, -0.15) is 5.26 Å². The van der Waals surface area contributed by atoms with E-state index in [1.165, 1.54) is 0 Å². The summed E-state index contributed by atoms with van der Waals surface area (Å²) in [5.41, 5.74) is 2.35. The highest BCUT2D eigenvalue weighted by Crippen LogP contribution is 2.33. The average Bonchev–Trinajstić information content (AvgIpc) is 2.42. The summed E-state index contributed by atoms with van der Waals surface area (Å²) in [7, 11) is 0. The summed E-state index contributed by atoms with van der Waals surface area (Å²) in [6, 6.07) is 13.6. The molecule has 102 valence electrons. The number of thioether (sulfide) groups is 1. The van der Waals surface area contributed by atoms with Crippen LogP contribution < -0.4 is 5.32 Å². The summed E-state index contributed by atoms with van der Waals surface area (Å²) in [6.45, 7) is 2.07. The number of nitriles is 1. The molecule has 0 aliphatic carbocycles. The van der Waals surface area contributed by atoms with Crippen molar-refractivity contribution in [2.45, 2.75) is 11.8 Å². The second kappa shape index (κ2) is 7.03. The Hall–Kier alpha value is -1.15. The van der Waals surface area contributed by atoms with Gasteiger partial charge >= 0.3 is 0 Å². The van der Waals surface area contributed by atoms with Gasteiger partial charge in [0.25, 0.3) is 0 Å². The van der Waals surface area contributed by atoms with Gasteiger partial charge in [0.1, 0.15) is 6.07 Å². The fourth-order valence-corrected chi connectivity index (χ4v) is 3.33. The molecule has 2 aromatic rings. The number of halogens is 2. The lowest BCUT2D eigenvalue weighted by Crippen LogP contribution is -1.96. The first-order valence-corrected chi connectivity index (χ1v) is 8.19. The van der Waals surface area contributed by atoms with Crippen molar-refractivity contribution in [3.8, 4) is 6.07 Å². The number of anilines is 2. The molecule has 1 N–H and O–H groups in total. The molecule has 2 nitrogen and oxygen atoms in total. The lowest BCUT2D eigenvalue weighted by molar-refractivity contribution is 1.34. The van der Waals surface area contributed by atoms with Crippen molar-refractivity contribution in [1.82, 2.24) is 0 Å². The van der Waals surface area contributed by atoms with Crippen molar-refractivity contribution in [3.05, 3.63) is 51.5 Å². The SMILES string of the molecule is CCSc1cccc(Nc2ccc(Cl)cc2Br)c1C#N. The smallest absolute Gasteiger partial charge is 0.103 e. The minimum Gasteiger partial charge on any atom is -0.353 e. The number of hydrogen-bond acceptors (Lipinski definition) is 3. The summed E-state index contributed by atoms with van der Waals surface area (Å²) >= 11 is 11.1. The van der Waals surface area contributed by atoms with Gasteiger partial charge in [-0.1, -0.05) is 24.6 Å². The number of rotatable bonds is 4. The minimum atomic E-state index is 0.665. The first-order chi connectivity index (χ1) is 9.65. The van der Waals surface area contributed by atoms with Crippen LogP contribution in [0.25, 0.3) is 0 Å². The molecule has 0 amide bonds. The van der Waals surface area contributed by atoms with Crippen molar-refractivity contribution in [2.75, 3.05) is 11.1 Å². The van der Waals surface area contributed by atoms with Gasteiger partial charge < -0.3 is 5.32 Å². The third-order valence-electron chi connectivity index (χ3n) is 2.64. The van der Waals surface area contributed by atoms with Gasteiger partial charge in [-0.3, -0.25) is 0 Å². The molecule has 0 spiro atoms. The van der Waals surface area contributed by atoms with Gasteiger partial charge in [-0.15, -0.1) is 11.8 Å². The molecule has 0 heterocycles. The Morgan fingerprint density at radius 1 is 1.30 bits per heavy atom. The first kappa shape index (κ1) is 15.2. The average molecular weight is 368 g/mol. The van der Waals surface area contributed by atoms with Crippen molar-refractivity contribution < 1.29 is 0 Å². The van der Waals surface area contributed by atoms with Crippen LogP contribution in [-0.2, 0) is 0 Å². The second-order valence-corrected chi connectivity index (χ2v) is 6.57. The largest absolute Gasteiger partial charge is 0.353 e. The highest BCUT2D eigenvalue weighted by Gasteiger charge is 2.09. The van der Waals surface area contributed by atoms with Crippen LogP contribution in [0.4, 0.5) is 11.4 Å². The van der Waals surface area contributed by atoms with Gasteiger partial charge in [0.15, 0.2) is 0 Å². The Kier molecular flexibility index (Phi) is 5.36. The maximum Gasteiger partial charge on any atom is 0.103 e. The van der Waals surface area contributed by atoms with Gasteiger partial charge in [0.2, 0.25) is 0 Å². The van der Waals surface area contributed by atoms with Crippen molar-refractivity contribution in [1.29, 1.82) is 5.26 Å². The van der Waals surface area contributed by atoms with E-state index in [0.717, 1.165) is 26.5 Å². The van der Waals surface area contributed by atoms with Gasteiger partial charge in [0.05, 0.1) is 16.9 Å². The lowest BCUT2D eigenvalue weighted by Gasteiger charge is -2.12. The molecule has 2 aromatic carbocycles. The summed E-state index contributed by atoms with van der Waals surface area (Å²) in [5, 5.41) is 13.3. The molecule has 0 aliphatic heterocycles. The van der Waals surface area contributed by atoms with Gasteiger partial charge in [-0.05, 0) is 52.0 Å². The molecular formula is C15H12BrClN2S. The maximum absolute atomic E-state index is 9.38. The van der Waals surface area contributed by atoms with Crippen LogP contribution in [0.1, 0.15) is 12.5 Å². The van der Waals surface area contributed by atoms with E-state index in [2.05, 4.69) is 34.2 Å². The van der Waals surface area contributed by atoms with E-state index in [-0.39, 0.29) is 0 Å². The fraction of sp³-hybridized carbons (Fsp3) is 0.133. The van der Waals surface area contributed by atoms with E-state index >= 15 is 0 Å². The van der Waals surface area contributed by atoms with E-state index in [1.807, 2.05) is 36.4 Å². The zero-order chi connectivity index (χ0) is 14.5. The molecule has 5 heteroatoms. The second-order valence-electron chi connectivity index (χ2n) is 3.97. The topological polar surface area (TPSA) is 35.8 Å². The fourth-order valence-electron chi connectivity index (χ4n) is 1.76. The molecule has 0 saturated heterocycles. The van der Waals surface area contributed by atoms with Crippen molar-refractivity contribution in [3.63, 3.8) is 0 Å².